The van der Waals surface area contributed by atoms with Gasteiger partial charge in [0.05, 0.1) is 18.0 Å². The van der Waals surface area contributed by atoms with Crippen LogP contribution in [0.5, 0.6) is 5.88 Å². The fraction of sp³-hybridized carbons (Fsp3) is 0.692. The highest BCUT2D eigenvalue weighted by atomic mass is 16.5. The van der Waals surface area contributed by atoms with E-state index in [4.69, 9.17) is 4.74 Å². The van der Waals surface area contributed by atoms with Gasteiger partial charge in [0.25, 0.3) is 0 Å². The molecule has 17 heavy (non-hydrogen) atoms. The van der Waals surface area contributed by atoms with Gasteiger partial charge in [-0.1, -0.05) is 27.7 Å². The Labute approximate surface area is 104 Å². The highest BCUT2D eigenvalue weighted by Gasteiger charge is 2.10. The second kappa shape index (κ2) is 6.55. The Morgan fingerprint density at radius 2 is 1.88 bits per heavy atom. The van der Waals surface area contributed by atoms with Gasteiger partial charge >= 0.3 is 0 Å². The fourth-order valence-corrected chi connectivity index (χ4v) is 1.16. The molecule has 0 spiro atoms. The smallest absolute Gasteiger partial charge is 0.232 e. The van der Waals surface area contributed by atoms with E-state index in [9.17, 15) is 0 Å². The molecule has 1 atom stereocenters. The van der Waals surface area contributed by atoms with E-state index >= 15 is 0 Å². The maximum absolute atomic E-state index is 5.72. The molecule has 4 heteroatoms. The summed E-state index contributed by atoms with van der Waals surface area (Å²) in [6.07, 6.45) is 3.58. The zero-order valence-electron chi connectivity index (χ0n) is 11.4. The Morgan fingerprint density at radius 3 is 2.47 bits per heavy atom. The zero-order valence-corrected chi connectivity index (χ0v) is 11.4. The molecule has 0 aliphatic carbocycles. The van der Waals surface area contributed by atoms with E-state index in [1.807, 2.05) is 6.92 Å². The van der Waals surface area contributed by atoms with Gasteiger partial charge in [0.15, 0.2) is 0 Å². The van der Waals surface area contributed by atoms with Crippen molar-refractivity contribution in [3.05, 3.63) is 18.1 Å². The van der Waals surface area contributed by atoms with Crippen LogP contribution in [0.3, 0.4) is 0 Å². The number of nitrogens with one attached hydrogen (secondary N) is 1. The zero-order chi connectivity index (χ0) is 12.8. The van der Waals surface area contributed by atoms with Crippen molar-refractivity contribution in [3.63, 3.8) is 0 Å². The molecule has 0 aliphatic rings. The van der Waals surface area contributed by atoms with Crippen molar-refractivity contribution in [1.82, 2.24) is 15.3 Å². The maximum Gasteiger partial charge on any atom is 0.232 e. The standard InChI is InChI=1S/C13H23N3O/c1-9(2)11(5)17-13-8-14-6-12(16-13)7-15-10(3)4/h6,8-11,15H,7H2,1-5H3. The van der Waals surface area contributed by atoms with Crippen molar-refractivity contribution in [3.8, 4) is 5.88 Å². The van der Waals surface area contributed by atoms with Crippen LogP contribution < -0.4 is 10.1 Å². The average molecular weight is 237 g/mol. The third-order valence-electron chi connectivity index (χ3n) is 2.60. The SMILES string of the molecule is CC(C)NCc1cncc(OC(C)C(C)C)n1. The van der Waals surface area contributed by atoms with Crippen LogP contribution >= 0.6 is 0 Å². The first kappa shape index (κ1) is 13.9. The predicted molar refractivity (Wildman–Crippen MR) is 68.9 cm³/mol. The molecule has 1 N–H and O–H groups in total. The van der Waals surface area contributed by atoms with Crippen LogP contribution in [0, 0.1) is 5.92 Å². The van der Waals surface area contributed by atoms with Crippen LogP contribution in [0.25, 0.3) is 0 Å². The van der Waals surface area contributed by atoms with Crippen molar-refractivity contribution >= 4 is 0 Å². The van der Waals surface area contributed by atoms with E-state index in [1.54, 1.807) is 12.4 Å². The lowest BCUT2D eigenvalue weighted by molar-refractivity contribution is 0.162. The van der Waals surface area contributed by atoms with Crippen molar-refractivity contribution in [2.75, 3.05) is 0 Å². The molecule has 0 radical (unpaired) electrons. The van der Waals surface area contributed by atoms with Crippen LogP contribution in [0.15, 0.2) is 12.4 Å². The molecule has 96 valence electrons. The van der Waals surface area contributed by atoms with E-state index in [0.29, 0.717) is 17.8 Å². The average Bonchev–Trinajstić information content (AvgIpc) is 2.26. The molecule has 4 nitrogen and oxygen atoms in total. The minimum absolute atomic E-state index is 0.151. The van der Waals surface area contributed by atoms with E-state index in [-0.39, 0.29) is 6.10 Å². The lowest BCUT2D eigenvalue weighted by Gasteiger charge is -2.17. The van der Waals surface area contributed by atoms with Crippen LogP contribution in [0.4, 0.5) is 0 Å². The predicted octanol–water partition coefficient (Wildman–Crippen LogP) is 2.40. The van der Waals surface area contributed by atoms with E-state index in [0.717, 1.165) is 12.2 Å². The van der Waals surface area contributed by atoms with E-state index < -0.39 is 0 Å². The largest absolute Gasteiger partial charge is 0.473 e. The van der Waals surface area contributed by atoms with Gasteiger partial charge < -0.3 is 10.1 Å². The topological polar surface area (TPSA) is 47.0 Å². The molecule has 0 aliphatic heterocycles. The van der Waals surface area contributed by atoms with Crippen molar-refractivity contribution < 1.29 is 4.74 Å². The summed E-state index contributed by atoms with van der Waals surface area (Å²) in [5.41, 5.74) is 0.909. The van der Waals surface area contributed by atoms with Crippen molar-refractivity contribution in [1.29, 1.82) is 0 Å². The number of rotatable bonds is 6. The van der Waals surface area contributed by atoms with Crippen LogP contribution in [0.1, 0.15) is 40.3 Å². The normalized spacial score (nSPS) is 13.1. The maximum atomic E-state index is 5.72. The van der Waals surface area contributed by atoms with E-state index in [2.05, 4.69) is 43.0 Å². The third-order valence-corrected chi connectivity index (χ3v) is 2.60. The summed E-state index contributed by atoms with van der Waals surface area (Å²) < 4.78 is 5.72. The molecule has 1 rings (SSSR count). The van der Waals surface area contributed by atoms with Crippen molar-refractivity contribution in [2.45, 2.75) is 53.3 Å². The lowest BCUT2D eigenvalue weighted by atomic mass is 10.1. The summed E-state index contributed by atoms with van der Waals surface area (Å²) in [7, 11) is 0. The van der Waals surface area contributed by atoms with Gasteiger partial charge in [0, 0.05) is 18.8 Å². The number of nitrogens with zero attached hydrogens (tertiary/aromatic N) is 2. The molecule has 0 amide bonds. The summed E-state index contributed by atoms with van der Waals surface area (Å²) in [5, 5.41) is 3.31. The van der Waals surface area contributed by atoms with Crippen molar-refractivity contribution in [2.24, 2.45) is 5.92 Å². The Bertz CT molecular complexity index is 339. The summed E-state index contributed by atoms with van der Waals surface area (Å²) >= 11 is 0. The van der Waals surface area contributed by atoms with Crippen LogP contribution in [0.2, 0.25) is 0 Å². The highest BCUT2D eigenvalue weighted by molar-refractivity contribution is 5.08. The monoisotopic (exact) mass is 237 g/mol. The molecule has 0 saturated heterocycles. The van der Waals surface area contributed by atoms with Crippen LogP contribution in [-0.4, -0.2) is 22.1 Å². The quantitative estimate of drug-likeness (QED) is 0.825. The number of aromatic nitrogens is 2. The number of ether oxygens (including phenoxy) is 1. The second-order valence-corrected chi connectivity index (χ2v) is 4.95. The molecule has 0 aromatic carbocycles. The van der Waals surface area contributed by atoms with Gasteiger partial charge in [-0.2, -0.15) is 0 Å². The summed E-state index contributed by atoms with van der Waals surface area (Å²) in [4.78, 5) is 8.57. The Balaban J connectivity index is 2.59. The van der Waals surface area contributed by atoms with Crippen LogP contribution in [-0.2, 0) is 6.54 Å². The fourth-order valence-electron chi connectivity index (χ4n) is 1.16. The molecule has 0 fully saturated rings. The lowest BCUT2D eigenvalue weighted by Crippen LogP contribution is -2.23. The van der Waals surface area contributed by atoms with Gasteiger partial charge in [-0.25, -0.2) is 4.98 Å². The Kier molecular flexibility index (Phi) is 5.35. The number of hydrogen-bond donors (Lipinski definition) is 1. The molecular formula is C13H23N3O. The minimum Gasteiger partial charge on any atom is -0.473 e. The van der Waals surface area contributed by atoms with E-state index in [1.165, 1.54) is 0 Å². The minimum atomic E-state index is 0.151. The molecule has 1 aromatic rings. The summed E-state index contributed by atoms with van der Waals surface area (Å²) in [6.45, 7) is 11.2. The first-order valence-corrected chi connectivity index (χ1v) is 6.20. The van der Waals surface area contributed by atoms with Gasteiger partial charge in [-0.15, -0.1) is 0 Å². The molecule has 0 saturated carbocycles. The summed E-state index contributed by atoms with van der Waals surface area (Å²) in [5.74, 6) is 1.07. The molecule has 1 unspecified atom stereocenters. The molecule has 1 heterocycles. The van der Waals surface area contributed by atoms with Gasteiger partial charge in [0.2, 0.25) is 5.88 Å². The first-order valence-electron chi connectivity index (χ1n) is 6.20. The highest BCUT2D eigenvalue weighted by Crippen LogP contribution is 2.12. The Hall–Kier alpha value is -1.16. The van der Waals surface area contributed by atoms with Gasteiger partial charge in [0.1, 0.15) is 0 Å². The number of hydrogen-bond acceptors (Lipinski definition) is 4. The molecule has 0 bridgehead atoms. The Morgan fingerprint density at radius 1 is 1.18 bits per heavy atom. The summed E-state index contributed by atoms with van der Waals surface area (Å²) in [6, 6.07) is 0.441. The molecule has 1 aromatic heterocycles. The van der Waals surface area contributed by atoms with Gasteiger partial charge in [-0.3, -0.25) is 4.98 Å². The third kappa shape index (κ3) is 5.13. The second-order valence-electron chi connectivity index (χ2n) is 4.95. The molecular weight excluding hydrogens is 214 g/mol. The first-order chi connectivity index (χ1) is 7.99. The van der Waals surface area contributed by atoms with Gasteiger partial charge in [-0.05, 0) is 12.8 Å².